The zero-order chi connectivity index (χ0) is 63.5. The normalized spacial score (nSPS) is 13.5. The summed E-state index contributed by atoms with van der Waals surface area (Å²) in [6.45, 7) is 37.8. The Morgan fingerprint density at radius 2 is 0.943 bits per heavy atom. The van der Waals surface area contributed by atoms with Crippen molar-refractivity contribution in [3.63, 3.8) is 0 Å². The molecule has 7 heteroatoms. The molecule has 4 nitrogen and oxygen atoms in total. The number of allylic oxidation sites excluding steroid dienone is 2. The fraction of sp³-hybridized carbons (Fsp3) is 0.388. The van der Waals surface area contributed by atoms with Gasteiger partial charge < -0.3 is 5.11 Å². The molecule has 4 heterocycles. The molecule has 10 aromatic rings. The van der Waals surface area contributed by atoms with Crippen molar-refractivity contribution in [3.8, 4) is 22.5 Å². The number of rotatable bonds is 11. The molecule has 1 N–H and O–H groups in total. The molecule has 2 aliphatic rings. The van der Waals surface area contributed by atoms with E-state index >= 15 is 0 Å². The van der Waals surface area contributed by atoms with Crippen LogP contribution in [0.4, 0.5) is 0 Å². The number of aromatic nitrogens is 2. The Hall–Kier alpha value is -5.82. The first-order valence-corrected chi connectivity index (χ1v) is 33.1. The first-order chi connectivity index (χ1) is 41.5. The van der Waals surface area contributed by atoms with Crippen molar-refractivity contribution in [3.05, 3.63) is 167 Å². The molecule has 0 saturated heterocycles. The van der Waals surface area contributed by atoms with Crippen LogP contribution >= 0.6 is 23.5 Å². The van der Waals surface area contributed by atoms with Gasteiger partial charge in [-0.25, -0.2) is 0 Å². The van der Waals surface area contributed by atoms with Crippen LogP contribution < -0.4 is 0 Å². The number of ketones is 1. The molecular weight excluding hydrogens is 1280 g/mol. The number of benzene rings is 8. The van der Waals surface area contributed by atoms with E-state index in [-0.39, 0.29) is 65.1 Å². The number of carbonyl (C=O) groups excluding carboxylic acids is 1. The Morgan fingerprint density at radius 1 is 0.517 bits per heavy atom. The second-order valence-corrected chi connectivity index (χ2v) is 31.3. The molecule has 0 aliphatic carbocycles. The van der Waals surface area contributed by atoms with Crippen molar-refractivity contribution in [1.82, 2.24) is 9.97 Å². The molecule has 8 aromatic carbocycles. The van der Waals surface area contributed by atoms with Crippen LogP contribution in [0.15, 0.2) is 147 Å². The summed E-state index contributed by atoms with van der Waals surface area (Å²) >= 11 is 3.75. The number of hydrogen-bond donors (Lipinski definition) is 1. The summed E-state index contributed by atoms with van der Waals surface area (Å²) in [4.78, 5) is 26.4. The van der Waals surface area contributed by atoms with E-state index < -0.39 is 0 Å². The van der Waals surface area contributed by atoms with Gasteiger partial charge in [-0.1, -0.05) is 216 Å². The third kappa shape index (κ3) is 14.1. The number of pyridine rings is 2. The SMILES string of the molecule is CCC(CC)C(=O)/C=C(\O)C(CC)CC.[2H]c1cc2c3c(cc4c(CC(C)(C)C)cccc42)Sc2c([c-]c4cc(C)ccc4c2CC(C)(C)C)-c3n1.[2H]c1cc2c3c(cc4c(CC(C)(C)C)cccc42)Sc2c([c-]c4ccccc4c2CC(C)(C)C)-c3n1.[Ir]. The van der Waals surface area contributed by atoms with E-state index in [1.165, 1.54) is 91.2 Å². The number of aliphatic hydroxyl groups is 1. The van der Waals surface area contributed by atoms with E-state index in [0.29, 0.717) is 12.3 Å². The van der Waals surface area contributed by atoms with E-state index in [2.05, 4.69) is 193 Å². The van der Waals surface area contributed by atoms with Gasteiger partial charge in [-0.15, -0.1) is 58.6 Å². The third-order valence-corrected chi connectivity index (χ3v) is 19.3. The molecule has 87 heavy (non-hydrogen) atoms. The van der Waals surface area contributed by atoms with Gasteiger partial charge in [0, 0.05) is 71.5 Å². The summed E-state index contributed by atoms with van der Waals surface area (Å²) in [7, 11) is 0. The van der Waals surface area contributed by atoms with E-state index in [0.717, 1.165) is 101 Å². The summed E-state index contributed by atoms with van der Waals surface area (Å²) in [5, 5.41) is 24.2. The molecule has 0 fully saturated rings. The van der Waals surface area contributed by atoms with Crippen LogP contribution in [-0.2, 0) is 50.6 Å². The van der Waals surface area contributed by atoms with Crippen LogP contribution in [0.1, 0.15) is 167 Å². The van der Waals surface area contributed by atoms with Crippen molar-refractivity contribution in [1.29, 1.82) is 0 Å². The van der Waals surface area contributed by atoms with E-state index in [1.807, 2.05) is 63.4 Å². The number of fused-ring (bicyclic) bond motifs is 10. The molecular formula is C80H90IrN2O2S2-2. The van der Waals surface area contributed by atoms with Crippen LogP contribution in [0.3, 0.4) is 0 Å². The quantitative estimate of drug-likeness (QED) is 0.0603. The van der Waals surface area contributed by atoms with Gasteiger partial charge >= 0.3 is 0 Å². The molecule has 0 bridgehead atoms. The number of carbonyl (C=O) groups is 1. The average molecular weight is 1370 g/mol. The molecule has 1 radical (unpaired) electrons. The second-order valence-electron chi connectivity index (χ2n) is 29.2. The van der Waals surface area contributed by atoms with Gasteiger partial charge in [0.2, 0.25) is 0 Å². The van der Waals surface area contributed by atoms with Gasteiger partial charge in [0.05, 0.1) is 8.50 Å². The fourth-order valence-corrected chi connectivity index (χ4v) is 15.5. The summed E-state index contributed by atoms with van der Waals surface area (Å²) < 4.78 is 17.4. The topological polar surface area (TPSA) is 63.1 Å². The molecule has 0 amide bonds. The summed E-state index contributed by atoms with van der Waals surface area (Å²) in [6.07, 6.45) is 9.50. The molecule has 0 spiro atoms. The Labute approximate surface area is 544 Å². The zero-order valence-corrected chi connectivity index (χ0v) is 58.6. The van der Waals surface area contributed by atoms with Crippen molar-refractivity contribution in [2.24, 2.45) is 33.5 Å². The van der Waals surface area contributed by atoms with Gasteiger partial charge in [-0.05, 0) is 168 Å². The monoisotopic (exact) mass is 1370 g/mol. The van der Waals surface area contributed by atoms with Gasteiger partial charge in [0.1, 0.15) is 0 Å². The number of aliphatic hydroxyl groups excluding tert-OH is 1. The largest absolute Gasteiger partial charge is 0.512 e. The Kier molecular flexibility index (Phi) is 18.7. The number of hydrogen-bond acceptors (Lipinski definition) is 6. The van der Waals surface area contributed by atoms with Gasteiger partial charge in [-0.3, -0.25) is 14.8 Å². The van der Waals surface area contributed by atoms with Gasteiger partial charge in [-0.2, -0.15) is 0 Å². The van der Waals surface area contributed by atoms with Gasteiger partial charge in [0.25, 0.3) is 0 Å². The smallest absolute Gasteiger partial charge is 0.162 e. The van der Waals surface area contributed by atoms with Crippen molar-refractivity contribution in [2.75, 3.05) is 0 Å². The number of nitrogens with zero attached hydrogens (tertiary/aromatic N) is 2. The standard InChI is InChI=1S/C34H34NS.C33H32NS.C13H24O2.Ir/c1-20-11-12-23-22(15-20)16-27-31-30-25(13-14-35-31)24-10-8-9-21(18-33(2,3)4)26(24)17-29(30)36-32(27)28(23)19-34(5,6)7;1-32(2,3)18-21-11-9-13-23-24-14-15-34-30-26-16-20-10-7-8-12-22(20)27(19-33(4,5)6)31(26)35-28(29(24)30)17-25(21)23;1-5-10(6-2)12(14)9-13(15)11(7-3)8-4;/h8-15,17H,18-19H2,1-7H3;7-15,17H,18-19H2,1-6H3;9-11,14H,5-8H2,1-4H3;/q2*-1;;/b;;12-9-;/i14D;15D;;. The predicted octanol–water partition coefficient (Wildman–Crippen LogP) is 23.5. The maximum atomic E-state index is 11.7. The van der Waals surface area contributed by atoms with Crippen LogP contribution in [0, 0.1) is 52.6 Å². The molecule has 2 aromatic heterocycles. The molecule has 0 atom stereocenters. The first-order valence-electron chi connectivity index (χ1n) is 32.4. The Morgan fingerprint density at radius 3 is 1.39 bits per heavy atom. The van der Waals surface area contributed by atoms with E-state index in [4.69, 9.17) is 12.7 Å². The molecule has 2 aliphatic heterocycles. The van der Waals surface area contributed by atoms with Crippen LogP contribution in [-0.4, -0.2) is 20.9 Å². The molecule has 0 unspecified atom stereocenters. The van der Waals surface area contributed by atoms with E-state index in [1.54, 1.807) is 0 Å². The van der Waals surface area contributed by atoms with Gasteiger partial charge in [0.15, 0.2) is 5.78 Å². The summed E-state index contributed by atoms with van der Waals surface area (Å²) in [6, 6.07) is 44.8. The minimum atomic E-state index is 0. The van der Waals surface area contributed by atoms with Crippen molar-refractivity contribution in [2.45, 2.75) is 189 Å². The van der Waals surface area contributed by atoms with Crippen LogP contribution in [0.25, 0.3) is 87.1 Å². The zero-order valence-electron chi connectivity index (χ0n) is 56.6. The van der Waals surface area contributed by atoms with E-state index in [9.17, 15) is 9.90 Å². The Balaban J connectivity index is 0.000000172. The number of aryl methyl sites for hydroxylation is 1. The molecule has 455 valence electrons. The summed E-state index contributed by atoms with van der Waals surface area (Å²) in [5.41, 5.74) is 11.3. The van der Waals surface area contributed by atoms with Crippen LogP contribution in [0.2, 0.25) is 0 Å². The fourth-order valence-electron chi connectivity index (χ4n) is 13.0. The molecule has 12 rings (SSSR count). The maximum Gasteiger partial charge on any atom is 0.162 e. The second kappa shape index (κ2) is 25.9. The van der Waals surface area contributed by atoms with Crippen molar-refractivity contribution < 1.29 is 32.7 Å². The maximum absolute atomic E-state index is 11.7. The average Bonchev–Trinajstić information content (AvgIpc) is 0.774. The minimum Gasteiger partial charge on any atom is -0.512 e. The van der Waals surface area contributed by atoms with Crippen molar-refractivity contribution >= 4 is 93.9 Å². The Bertz CT molecular complexity index is 4400. The predicted molar refractivity (Wildman–Crippen MR) is 372 cm³/mol. The minimum absolute atomic E-state index is 0. The molecule has 0 saturated carbocycles. The van der Waals surface area contributed by atoms with Crippen LogP contribution in [0.5, 0.6) is 0 Å². The first kappa shape index (κ1) is 62.8. The third-order valence-electron chi connectivity index (χ3n) is 16.9. The summed E-state index contributed by atoms with van der Waals surface area (Å²) in [5.74, 6) is 0.547.